The summed E-state index contributed by atoms with van der Waals surface area (Å²) < 4.78 is 1.51. The Kier molecular flexibility index (Phi) is 11.3. The van der Waals surface area contributed by atoms with Crippen LogP contribution in [0.2, 0.25) is 0 Å². The first-order valence-corrected chi connectivity index (χ1v) is 21.5. The van der Waals surface area contributed by atoms with Gasteiger partial charge >= 0.3 is 11.9 Å². The zero-order valence-corrected chi connectivity index (χ0v) is 33.8. The lowest BCUT2D eigenvalue weighted by Crippen LogP contribution is -2.63. The second-order valence-corrected chi connectivity index (χ2v) is 18.8. The van der Waals surface area contributed by atoms with Crippen molar-refractivity contribution in [3.8, 4) is 0 Å². The minimum absolute atomic E-state index is 0.0199. The number of carboxylic acids is 2. The van der Waals surface area contributed by atoms with Crippen molar-refractivity contribution in [3.05, 3.63) is 55.5 Å². The average molecular weight is 827 g/mol. The largest absolute Gasteiger partial charge is 0.477 e. The lowest BCUT2D eigenvalue weighted by atomic mass is 9.79. The van der Waals surface area contributed by atoms with E-state index in [1.807, 2.05) is 30.7 Å². The Balaban J connectivity index is 0.000000169. The number of carbonyl (C=O) groups excluding carboxylic acids is 2. The molecule has 18 heteroatoms. The van der Waals surface area contributed by atoms with Gasteiger partial charge in [0.05, 0.1) is 47.5 Å². The molecule has 8 rings (SSSR count). The number of nitrogens with one attached hydrogen (secondary N) is 2. The molecule has 55 heavy (non-hydrogen) atoms. The highest BCUT2D eigenvalue weighted by Crippen LogP contribution is 2.54. The molecule has 2 aromatic heterocycles. The number of hydrogen-bond donors (Lipinski definition) is 6. The summed E-state index contributed by atoms with van der Waals surface area (Å²) in [6.45, 7) is 8.74. The third-order valence-electron chi connectivity index (χ3n) is 11.0. The van der Waals surface area contributed by atoms with Crippen LogP contribution in [0.15, 0.2) is 52.8 Å². The van der Waals surface area contributed by atoms with Crippen molar-refractivity contribution >= 4 is 86.8 Å². The number of aromatic nitrogens is 2. The van der Waals surface area contributed by atoms with Crippen molar-refractivity contribution < 1.29 is 39.6 Å². The molecule has 292 valence electrons. The lowest BCUT2D eigenvalue weighted by molar-refractivity contribution is -0.163. The number of nitrogens with zero attached hydrogens (tertiary/aromatic N) is 4. The number of hydrogen-bond acceptors (Lipinski definition) is 14. The Morgan fingerprint density at radius 1 is 0.818 bits per heavy atom. The lowest BCUT2D eigenvalue weighted by Gasteiger charge is -2.46. The second kappa shape index (κ2) is 15.7. The smallest absolute Gasteiger partial charge is 0.353 e. The molecule has 0 aromatic carbocycles. The fraction of sp³-hybridized carbons (Fsp3) is 0.486. The minimum Gasteiger partial charge on any atom is -0.477 e. The quantitative estimate of drug-likeness (QED) is 0.179. The summed E-state index contributed by atoms with van der Waals surface area (Å²) in [7, 11) is 0. The van der Waals surface area contributed by atoms with Gasteiger partial charge in [0, 0.05) is 51.1 Å². The van der Waals surface area contributed by atoms with Crippen LogP contribution in [-0.2, 0) is 19.2 Å². The fourth-order valence-electron chi connectivity index (χ4n) is 8.23. The number of β-lactam (4-membered cyclic amide) rings is 2. The van der Waals surface area contributed by atoms with Crippen molar-refractivity contribution in [2.75, 3.05) is 13.1 Å². The SMILES string of the molecule is CC(O)C1C(=O)N2C(C(=O)O)=C(Sc3nc(C4=CCC(=N)CC4)cs3)C(C)C12.CC(O)C1C(=O)N2C(C(=O)O)=C(Sc3nc(C4=CCNCC4)cs3)C(C)C12. The summed E-state index contributed by atoms with van der Waals surface area (Å²) in [5.74, 6) is -4.29. The molecule has 8 unspecified atom stereocenters. The molecule has 2 saturated heterocycles. The molecule has 5 aliphatic heterocycles. The van der Waals surface area contributed by atoms with E-state index in [4.69, 9.17) is 5.41 Å². The fourth-order valence-corrected chi connectivity index (χ4v) is 12.5. The predicted octanol–water partition coefficient (Wildman–Crippen LogP) is 4.74. The molecule has 7 heterocycles. The van der Waals surface area contributed by atoms with Gasteiger partial charge < -0.3 is 41.0 Å². The highest BCUT2D eigenvalue weighted by atomic mass is 32.2. The number of aliphatic hydroxyl groups excluding tert-OH is 2. The van der Waals surface area contributed by atoms with Gasteiger partial charge in [0.2, 0.25) is 11.8 Å². The third-order valence-corrected chi connectivity index (χ3v) is 15.4. The molecule has 2 amide bonds. The molecule has 0 saturated carbocycles. The van der Waals surface area contributed by atoms with Crippen LogP contribution >= 0.6 is 46.2 Å². The maximum Gasteiger partial charge on any atom is 0.353 e. The Hall–Kier alpha value is -3.65. The molecule has 0 bridgehead atoms. The van der Waals surface area contributed by atoms with E-state index in [2.05, 4.69) is 21.4 Å². The molecule has 2 fully saturated rings. The number of allylic oxidation sites excluding steroid dienone is 2. The first kappa shape index (κ1) is 39.6. The number of fused-ring (bicyclic) bond motifs is 2. The van der Waals surface area contributed by atoms with Gasteiger partial charge in [0.25, 0.3) is 0 Å². The van der Waals surface area contributed by atoms with E-state index in [0.717, 1.165) is 63.7 Å². The molecule has 8 atom stereocenters. The van der Waals surface area contributed by atoms with Crippen LogP contribution in [0.4, 0.5) is 0 Å². The highest BCUT2D eigenvalue weighted by molar-refractivity contribution is 8.05. The first-order chi connectivity index (χ1) is 26.2. The van der Waals surface area contributed by atoms with Crippen LogP contribution in [0.25, 0.3) is 11.1 Å². The standard InChI is InChI=1S/C19H21N3O4S2.C18H21N3O4S2/c1-8-14-13(9(2)23)17(24)22(14)15(18(25)26)16(8)28-19-21-12(7-27-19)10-3-5-11(20)6-4-10;1-8-13-12(9(2)22)16(23)21(13)14(17(24)25)15(8)27-18-20-11(7-26-18)10-3-5-19-6-4-10/h3,7-9,13-14,20,23H,4-6H2,1-2H3,(H,25,26);3,7-9,12-13,19,22H,4-6H2,1-2H3,(H,24,25). The van der Waals surface area contributed by atoms with E-state index in [-0.39, 0.29) is 47.1 Å². The highest BCUT2D eigenvalue weighted by Gasteiger charge is 2.61. The zero-order chi connectivity index (χ0) is 39.5. The number of carbonyl (C=O) groups is 4. The summed E-state index contributed by atoms with van der Waals surface area (Å²) >= 11 is 5.58. The van der Waals surface area contributed by atoms with Crippen molar-refractivity contribution in [3.63, 3.8) is 0 Å². The summed E-state index contributed by atoms with van der Waals surface area (Å²) in [5.41, 5.74) is 4.93. The van der Waals surface area contributed by atoms with E-state index in [1.165, 1.54) is 61.6 Å². The Labute approximate surface area is 334 Å². The number of rotatable bonds is 10. The van der Waals surface area contributed by atoms with Crippen LogP contribution in [0, 0.1) is 29.1 Å². The van der Waals surface area contributed by atoms with Gasteiger partial charge in [0.1, 0.15) is 11.4 Å². The number of aliphatic carboxylic acids is 2. The van der Waals surface area contributed by atoms with Crippen LogP contribution in [0.1, 0.15) is 64.8 Å². The monoisotopic (exact) mass is 826 g/mol. The van der Waals surface area contributed by atoms with Gasteiger partial charge in [-0.25, -0.2) is 19.6 Å². The van der Waals surface area contributed by atoms with Crippen LogP contribution in [-0.4, -0.2) is 107 Å². The van der Waals surface area contributed by atoms with Gasteiger partial charge in [-0.15, -0.1) is 22.7 Å². The molecular weight excluding hydrogens is 785 g/mol. The minimum atomic E-state index is -1.13. The molecule has 0 radical (unpaired) electrons. The Morgan fingerprint density at radius 3 is 1.67 bits per heavy atom. The topological polar surface area (TPSA) is 217 Å². The molecular formula is C37H42N6O8S4. The number of carboxylic acid groups (broad SMARTS) is 2. The summed E-state index contributed by atoms with van der Waals surface area (Å²) in [4.78, 5) is 61.8. The van der Waals surface area contributed by atoms with Crippen molar-refractivity contribution in [2.24, 2.45) is 23.7 Å². The van der Waals surface area contributed by atoms with Gasteiger partial charge in [0.15, 0.2) is 8.68 Å². The number of thioether (sulfide) groups is 2. The number of aliphatic hydroxyl groups is 2. The van der Waals surface area contributed by atoms with Gasteiger partial charge in [-0.1, -0.05) is 49.5 Å². The van der Waals surface area contributed by atoms with Gasteiger partial charge in [-0.3, -0.25) is 9.59 Å². The average Bonchev–Trinajstić information content (AvgIpc) is 3.90. The first-order valence-electron chi connectivity index (χ1n) is 18.1. The van der Waals surface area contributed by atoms with E-state index in [1.54, 1.807) is 13.8 Å². The predicted molar refractivity (Wildman–Crippen MR) is 210 cm³/mol. The van der Waals surface area contributed by atoms with Crippen LogP contribution < -0.4 is 5.32 Å². The van der Waals surface area contributed by atoms with Gasteiger partial charge in [-0.05, 0) is 50.8 Å². The summed E-state index contributed by atoms with van der Waals surface area (Å²) in [6, 6.07) is -0.606. The number of amides is 2. The molecule has 2 aromatic rings. The van der Waals surface area contributed by atoms with E-state index in [9.17, 15) is 39.6 Å². The molecule has 6 aliphatic rings. The van der Waals surface area contributed by atoms with Crippen LogP contribution in [0.3, 0.4) is 0 Å². The summed E-state index contributed by atoms with van der Waals surface area (Å²) in [6.07, 6.45) is 5.69. The van der Waals surface area contributed by atoms with Crippen molar-refractivity contribution in [1.82, 2.24) is 25.1 Å². The summed E-state index contributed by atoms with van der Waals surface area (Å²) in [5, 5.41) is 54.2. The molecule has 1 aliphatic carbocycles. The maximum atomic E-state index is 12.4. The van der Waals surface area contributed by atoms with Crippen LogP contribution in [0.5, 0.6) is 0 Å². The van der Waals surface area contributed by atoms with E-state index >= 15 is 0 Å². The maximum absolute atomic E-state index is 12.4. The number of thiazole rings is 2. The third kappa shape index (κ3) is 7.14. The second-order valence-electron chi connectivity index (χ2n) is 14.5. The normalized spacial score (nSPS) is 28.4. The van der Waals surface area contributed by atoms with Gasteiger partial charge in [-0.2, -0.15) is 0 Å². The van der Waals surface area contributed by atoms with Crippen molar-refractivity contribution in [1.29, 1.82) is 5.41 Å². The molecule has 14 nitrogen and oxygen atoms in total. The molecule has 0 spiro atoms. The van der Waals surface area contributed by atoms with E-state index < -0.39 is 36.0 Å². The molecule has 6 N–H and O–H groups in total. The zero-order valence-electron chi connectivity index (χ0n) is 30.5. The Morgan fingerprint density at radius 2 is 1.29 bits per heavy atom. The van der Waals surface area contributed by atoms with E-state index in [0.29, 0.717) is 16.2 Å². The van der Waals surface area contributed by atoms with Crippen molar-refractivity contribution in [2.45, 2.75) is 86.3 Å². The Bertz CT molecular complexity index is 2080.